The van der Waals surface area contributed by atoms with Gasteiger partial charge in [-0.3, -0.25) is 4.79 Å². The quantitative estimate of drug-likeness (QED) is 0.664. The van der Waals surface area contributed by atoms with Crippen molar-refractivity contribution in [1.29, 1.82) is 0 Å². The first-order valence-corrected chi connectivity index (χ1v) is 11.2. The second-order valence-corrected chi connectivity index (χ2v) is 9.34. The van der Waals surface area contributed by atoms with Crippen molar-refractivity contribution in [2.75, 3.05) is 31.9 Å². The molecule has 0 radical (unpaired) electrons. The Bertz CT molecular complexity index is 958. The number of halogens is 3. The maximum atomic E-state index is 13.2. The van der Waals surface area contributed by atoms with E-state index < -0.39 is 26.7 Å². The summed E-state index contributed by atoms with van der Waals surface area (Å²) in [5.41, 5.74) is -1.18. The van der Waals surface area contributed by atoms with Gasteiger partial charge in [-0.25, -0.2) is 8.42 Å². The van der Waals surface area contributed by atoms with Crippen molar-refractivity contribution in [2.45, 2.75) is 16.0 Å². The van der Waals surface area contributed by atoms with E-state index in [1.165, 1.54) is 22.7 Å². The normalized spacial score (nSPS) is 16.0. The van der Waals surface area contributed by atoms with Gasteiger partial charge in [0.15, 0.2) is 0 Å². The fourth-order valence-corrected chi connectivity index (χ4v) is 5.45. The monoisotopic (exact) mass is 444 g/mol. The number of nitrogens with zero attached hydrogens (tertiary/aromatic N) is 2. The van der Waals surface area contributed by atoms with E-state index in [2.05, 4.69) is 0 Å². The Morgan fingerprint density at radius 1 is 0.931 bits per heavy atom. The molecule has 3 rings (SSSR count). The molecular formula is C19H19F3N2O3S2. The van der Waals surface area contributed by atoms with Crippen LogP contribution in [0.15, 0.2) is 64.4 Å². The first-order valence-electron chi connectivity index (χ1n) is 8.81. The summed E-state index contributed by atoms with van der Waals surface area (Å²) >= 11 is 1.38. The van der Waals surface area contributed by atoms with Gasteiger partial charge in [-0.1, -0.05) is 30.3 Å². The minimum Gasteiger partial charge on any atom is -0.339 e. The molecule has 5 nitrogen and oxygen atoms in total. The summed E-state index contributed by atoms with van der Waals surface area (Å²) < 4.78 is 66.1. The molecule has 29 heavy (non-hydrogen) atoms. The molecule has 1 fully saturated rings. The Balaban J connectivity index is 1.64. The second-order valence-electron chi connectivity index (χ2n) is 6.38. The number of carbonyl (C=O) groups is 1. The van der Waals surface area contributed by atoms with Crippen molar-refractivity contribution in [2.24, 2.45) is 0 Å². The molecule has 0 atom stereocenters. The van der Waals surface area contributed by atoms with Gasteiger partial charge in [0.05, 0.1) is 16.2 Å². The van der Waals surface area contributed by atoms with Crippen LogP contribution in [0.3, 0.4) is 0 Å². The number of carbonyl (C=O) groups excluding carboxylic acids is 1. The van der Waals surface area contributed by atoms with Gasteiger partial charge in [0.2, 0.25) is 15.9 Å². The average molecular weight is 445 g/mol. The Kier molecular flexibility index (Phi) is 6.55. The number of thioether (sulfide) groups is 1. The molecule has 2 aromatic carbocycles. The number of alkyl halides is 3. The molecule has 10 heteroatoms. The van der Waals surface area contributed by atoms with E-state index >= 15 is 0 Å². The Morgan fingerprint density at radius 3 is 2.14 bits per heavy atom. The SMILES string of the molecule is O=C(CSc1ccccc1)N1CCN(S(=O)(=O)c2ccccc2C(F)(F)F)CC1. The molecule has 0 N–H and O–H groups in total. The van der Waals surface area contributed by atoms with Gasteiger partial charge in [0.1, 0.15) is 0 Å². The van der Waals surface area contributed by atoms with Gasteiger partial charge in [-0.15, -0.1) is 11.8 Å². The molecule has 2 aromatic rings. The molecule has 0 aliphatic carbocycles. The van der Waals surface area contributed by atoms with Gasteiger partial charge >= 0.3 is 6.18 Å². The average Bonchev–Trinajstić information content (AvgIpc) is 2.72. The zero-order valence-corrected chi connectivity index (χ0v) is 16.9. The van der Waals surface area contributed by atoms with Crippen molar-refractivity contribution < 1.29 is 26.4 Å². The third-order valence-electron chi connectivity index (χ3n) is 4.51. The van der Waals surface area contributed by atoms with Crippen LogP contribution in [0, 0.1) is 0 Å². The lowest BCUT2D eigenvalue weighted by atomic mass is 10.2. The van der Waals surface area contributed by atoms with Crippen molar-refractivity contribution >= 4 is 27.7 Å². The zero-order valence-electron chi connectivity index (χ0n) is 15.3. The van der Waals surface area contributed by atoms with Gasteiger partial charge < -0.3 is 4.90 Å². The smallest absolute Gasteiger partial charge is 0.339 e. The number of hydrogen-bond acceptors (Lipinski definition) is 4. The standard InChI is InChI=1S/C19H19F3N2O3S2/c20-19(21,22)16-8-4-5-9-17(16)29(26,27)24-12-10-23(11-13-24)18(25)14-28-15-6-2-1-3-7-15/h1-9H,10-14H2. The molecule has 1 saturated heterocycles. The van der Waals surface area contributed by atoms with E-state index in [1.54, 1.807) is 0 Å². The van der Waals surface area contributed by atoms with Crippen LogP contribution in [-0.2, 0) is 21.0 Å². The van der Waals surface area contributed by atoms with Crippen LogP contribution in [0.1, 0.15) is 5.56 Å². The molecule has 0 saturated carbocycles. The number of sulfonamides is 1. The van der Waals surface area contributed by atoms with E-state index in [9.17, 15) is 26.4 Å². The van der Waals surface area contributed by atoms with E-state index in [1.807, 2.05) is 30.3 Å². The van der Waals surface area contributed by atoms with Crippen LogP contribution >= 0.6 is 11.8 Å². The number of piperazine rings is 1. The predicted molar refractivity (Wildman–Crippen MR) is 104 cm³/mol. The van der Waals surface area contributed by atoms with Gasteiger partial charge in [0, 0.05) is 31.1 Å². The lowest BCUT2D eigenvalue weighted by molar-refractivity contribution is -0.139. The molecule has 0 unspecified atom stereocenters. The van der Waals surface area contributed by atoms with Crippen molar-refractivity contribution in [3.63, 3.8) is 0 Å². The Morgan fingerprint density at radius 2 is 1.52 bits per heavy atom. The Labute approximate surface area is 171 Å². The third-order valence-corrected chi connectivity index (χ3v) is 7.46. The summed E-state index contributed by atoms with van der Waals surface area (Å²) in [6, 6.07) is 13.5. The van der Waals surface area contributed by atoms with E-state index in [0.717, 1.165) is 27.4 Å². The molecule has 0 aromatic heterocycles. The van der Waals surface area contributed by atoms with Gasteiger partial charge in [0.25, 0.3) is 0 Å². The molecular weight excluding hydrogens is 425 g/mol. The first kappa shape index (κ1) is 21.7. The maximum absolute atomic E-state index is 13.2. The van der Waals surface area contributed by atoms with Crippen LogP contribution in [0.2, 0.25) is 0 Å². The number of hydrogen-bond donors (Lipinski definition) is 0. The maximum Gasteiger partial charge on any atom is 0.417 e. The van der Waals surface area contributed by atoms with Crippen LogP contribution in [0.4, 0.5) is 13.2 Å². The summed E-state index contributed by atoms with van der Waals surface area (Å²) in [6.45, 7) is 0.190. The highest BCUT2D eigenvalue weighted by molar-refractivity contribution is 8.00. The van der Waals surface area contributed by atoms with Crippen LogP contribution in [-0.4, -0.2) is 55.5 Å². The highest BCUT2D eigenvalue weighted by Gasteiger charge is 2.39. The molecule has 0 spiro atoms. The highest BCUT2D eigenvalue weighted by atomic mass is 32.2. The predicted octanol–water partition coefficient (Wildman–Crippen LogP) is 3.33. The number of benzene rings is 2. The zero-order chi connectivity index (χ0) is 21.1. The third kappa shape index (κ3) is 5.12. The van der Waals surface area contributed by atoms with Crippen LogP contribution in [0.5, 0.6) is 0 Å². The van der Waals surface area contributed by atoms with Crippen molar-refractivity contribution in [3.8, 4) is 0 Å². The van der Waals surface area contributed by atoms with Crippen molar-refractivity contribution in [1.82, 2.24) is 9.21 Å². The minimum atomic E-state index is -4.77. The summed E-state index contributed by atoms with van der Waals surface area (Å²) in [4.78, 5) is 14.1. The molecule has 0 bridgehead atoms. The lowest BCUT2D eigenvalue weighted by Crippen LogP contribution is -2.51. The summed E-state index contributed by atoms with van der Waals surface area (Å²) in [5, 5.41) is 0. The van der Waals surface area contributed by atoms with Crippen LogP contribution in [0.25, 0.3) is 0 Å². The van der Waals surface area contributed by atoms with Crippen molar-refractivity contribution in [3.05, 3.63) is 60.2 Å². The van der Waals surface area contributed by atoms with E-state index in [0.29, 0.717) is 0 Å². The second kappa shape index (κ2) is 8.76. The number of rotatable bonds is 5. The fourth-order valence-electron chi connectivity index (χ4n) is 3.00. The van der Waals surface area contributed by atoms with E-state index in [4.69, 9.17) is 0 Å². The Hall–Kier alpha value is -2.04. The molecule has 1 heterocycles. The summed E-state index contributed by atoms with van der Waals surface area (Å²) in [5.74, 6) is 0.0832. The fraction of sp³-hybridized carbons (Fsp3) is 0.316. The minimum absolute atomic E-state index is 0.0454. The van der Waals surface area contributed by atoms with E-state index in [-0.39, 0.29) is 37.8 Å². The lowest BCUT2D eigenvalue weighted by Gasteiger charge is -2.34. The highest BCUT2D eigenvalue weighted by Crippen LogP contribution is 2.35. The topological polar surface area (TPSA) is 57.7 Å². The first-order chi connectivity index (χ1) is 13.7. The molecule has 1 aliphatic rings. The molecule has 1 amide bonds. The summed E-state index contributed by atoms with van der Waals surface area (Å²) in [7, 11) is -4.31. The summed E-state index contributed by atoms with van der Waals surface area (Å²) in [6.07, 6.45) is -4.77. The van der Waals surface area contributed by atoms with Gasteiger partial charge in [-0.2, -0.15) is 17.5 Å². The molecule has 1 aliphatic heterocycles. The molecule has 156 valence electrons. The van der Waals surface area contributed by atoms with Gasteiger partial charge in [-0.05, 0) is 24.3 Å². The largest absolute Gasteiger partial charge is 0.417 e. The van der Waals surface area contributed by atoms with Crippen LogP contribution < -0.4 is 0 Å². The number of amides is 1.